The Morgan fingerprint density at radius 2 is 1.85 bits per heavy atom. The standard InChI is InChI=1S/C20H22N4OS2/c1-13-6-5-7-17(14(13)2)21-19-22-23-20(27-19)26-12-15-8-10-16(11-9-15)18(25)24(3)4/h5-11H,12H2,1-4H3,(H,21,22). The molecular formula is C20H22N4OS2. The number of amides is 1. The van der Waals surface area contributed by atoms with Gasteiger partial charge in [-0.05, 0) is 48.7 Å². The highest BCUT2D eigenvalue weighted by Gasteiger charge is 2.09. The Labute approximate surface area is 167 Å². The van der Waals surface area contributed by atoms with Crippen LogP contribution in [-0.2, 0) is 5.75 Å². The number of rotatable bonds is 6. The molecule has 27 heavy (non-hydrogen) atoms. The Kier molecular flexibility index (Phi) is 6.13. The molecule has 0 spiro atoms. The summed E-state index contributed by atoms with van der Waals surface area (Å²) in [6.45, 7) is 4.19. The number of aryl methyl sites for hydroxylation is 1. The zero-order valence-electron chi connectivity index (χ0n) is 15.8. The van der Waals surface area contributed by atoms with E-state index in [1.54, 1.807) is 42.1 Å². The summed E-state index contributed by atoms with van der Waals surface area (Å²) in [6, 6.07) is 13.9. The Morgan fingerprint density at radius 1 is 1.11 bits per heavy atom. The van der Waals surface area contributed by atoms with Crippen molar-refractivity contribution < 1.29 is 4.79 Å². The van der Waals surface area contributed by atoms with Gasteiger partial charge >= 0.3 is 0 Å². The fourth-order valence-electron chi connectivity index (χ4n) is 2.47. The maximum atomic E-state index is 11.9. The van der Waals surface area contributed by atoms with E-state index >= 15 is 0 Å². The minimum absolute atomic E-state index is 0.0143. The number of hydrogen-bond donors (Lipinski definition) is 1. The van der Waals surface area contributed by atoms with Crippen molar-refractivity contribution in [1.82, 2.24) is 15.1 Å². The van der Waals surface area contributed by atoms with Crippen LogP contribution in [-0.4, -0.2) is 35.1 Å². The summed E-state index contributed by atoms with van der Waals surface area (Å²) in [5.41, 5.74) is 5.37. The van der Waals surface area contributed by atoms with Crippen LogP contribution in [0.3, 0.4) is 0 Å². The highest BCUT2D eigenvalue weighted by Crippen LogP contribution is 2.31. The molecule has 0 saturated carbocycles. The minimum Gasteiger partial charge on any atom is -0.345 e. The second-order valence-electron chi connectivity index (χ2n) is 6.43. The van der Waals surface area contributed by atoms with E-state index in [1.807, 2.05) is 36.4 Å². The number of anilines is 2. The lowest BCUT2D eigenvalue weighted by Gasteiger charge is -2.10. The number of aromatic nitrogens is 2. The second kappa shape index (κ2) is 8.54. The van der Waals surface area contributed by atoms with Gasteiger partial charge in [0.25, 0.3) is 5.91 Å². The van der Waals surface area contributed by atoms with Crippen molar-refractivity contribution in [2.45, 2.75) is 23.9 Å². The minimum atomic E-state index is 0.0143. The van der Waals surface area contributed by atoms with E-state index in [0.29, 0.717) is 5.56 Å². The van der Waals surface area contributed by atoms with E-state index < -0.39 is 0 Å². The molecule has 3 aromatic rings. The van der Waals surface area contributed by atoms with Crippen LogP contribution in [0.5, 0.6) is 0 Å². The monoisotopic (exact) mass is 398 g/mol. The molecule has 2 aromatic carbocycles. The lowest BCUT2D eigenvalue weighted by molar-refractivity contribution is 0.0827. The zero-order valence-corrected chi connectivity index (χ0v) is 17.4. The van der Waals surface area contributed by atoms with Crippen LogP contribution in [0.15, 0.2) is 46.8 Å². The second-order valence-corrected chi connectivity index (χ2v) is 8.63. The third-order valence-corrected chi connectivity index (χ3v) is 6.27. The summed E-state index contributed by atoms with van der Waals surface area (Å²) in [4.78, 5) is 13.5. The molecule has 0 aliphatic rings. The molecule has 7 heteroatoms. The maximum absolute atomic E-state index is 11.9. The SMILES string of the molecule is Cc1cccc(Nc2nnc(SCc3ccc(C(=O)N(C)C)cc3)s2)c1C. The number of nitrogens with one attached hydrogen (secondary N) is 1. The first-order valence-corrected chi connectivity index (χ1v) is 10.3. The van der Waals surface area contributed by atoms with Gasteiger partial charge in [-0.15, -0.1) is 10.2 Å². The van der Waals surface area contributed by atoms with E-state index in [0.717, 1.165) is 26.5 Å². The number of nitrogens with zero attached hydrogens (tertiary/aromatic N) is 3. The van der Waals surface area contributed by atoms with Gasteiger partial charge in [0.2, 0.25) is 5.13 Å². The largest absolute Gasteiger partial charge is 0.345 e. The summed E-state index contributed by atoms with van der Waals surface area (Å²) in [6.07, 6.45) is 0. The predicted octanol–water partition coefficient (Wildman–Crippen LogP) is 4.89. The van der Waals surface area contributed by atoms with Crippen LogP contribution in [0, 0.1) is 13.8 Å². The summed E-state index contributed by atoms with van der Waals surface area (Å²) < 4.78 is 0.913. The van der Waals surface area contributed by atoms with Crippen LogP contribution < -0.4 is 5.32 Å². The van der Waals surface area contributed by atoms with Gasteiger partial charge in [0, 0.05) is 31.1 Å². The van der Waals surface area contributed by atoms with Crippen molar-refractivity contribution in [3.8, 4) is 0 Å². The molecule has 5 nitrogen and oxygen atoms in total. The van der Waals surface area contributed by atoms with E-state index in [2.05, 4.69) is 35.4 Å². The summed E-state index contributed by atoms with van der Waals surface area (Å²) >= 11 is 3.18. The van der Waals surface area contributed by atoms with Gasteiger partial charge in [-0.25, -0.2) is 0 Å². The number of thioether (sulfide) groups is 1. The molecule has 0 aliphatic heterocycles. The molecule has 1 amide bonds. The van der Waals surface area contributed by atoms with Gasteiger partial charge in [0.05, 0.1) is 0 Å². The maximum Gasteiger partial charge on any atom is 0.253 e. The molecule has 0 saturated heterocycles. The molecule has 1 heterocycles. The fraction of sp³-hybridized carbons (Fsp3) is 0.250. The molecular weight excluding hydrogens is 376 g/mol. The first-order valence-electron chi connectivity index (χ1n) is 8.54. The average Bonchev–Trinajstić information content (AvgIpc) is 3.11. The summed E-state index contributed by atoms with van der Waals surface area (Å²) in [7, 11) is 3.51. The third kappa shape index (κ3) is 4.87. The van der Waals surface area contributed by atoms with Gasteiger partial charge in [-0.3, -0.25) is 4.79 Å². The summed E-state index contributed by atoms with van der Waals surface area (Å²) in [5, 5.41) is 12.6. The Balaban J connectivity index is 1.60. The number of hydrogen-bond acceptors (Lipinski definition) is 6. The van der Waals surface area contributed by atoms with Crippen LogP contribution in [0.1, 0.15) is 27.0 Å². The first kappa shape index (κ1) is 19.4. The molecule has 1 aromatic heterocycles. The molecule has 0 atom stereocenters. The van der Waals surface area contributed by atoms with Crippen LogP contribution in [0.25, 0.3) is 0 Å². The molecule has 1 N–H and O–H groups in total. The van der Waals surface area contributed by atoms with Gasteiger partial charge < -0.3 is 10.2 Å². The zero-order chi connectivity index (χ0) is 19.4. The molecule has 0 bridgehead atoms. The quantitative estimate of drug-likeness (QED) is 0.599. The fourth-order valence-corrected chi connectivity index (χ4v) is 4.19. The van der Waals surface area contributed by atoms with Gasteiger partial charge in [-0.1, -0.05) is 47.4 Å². The Morgan fingerprint density at radius 3 is 2.56 bits per heavy atom. The third-order valence-electron chi connectivity index (χ3n) is 4.22. The molecule has 0 unspecified atom stereocenters. The highest BCUT2D eigenvalue weighted by atomic mass is 32.2. The lowest BCUT2D eigenvalue weighted by atomic mass is 10.1. The topological polar surface area (TPSA) is 58.1 Å². The van der Waals surface area contributed by atoms with E-state index in [-0.39, 0.29) is 5.91 Å². The highest BCUT2D eigenvalue weighted by molar-refractivity contribution is 8.00. The number of carbonyl (C=O) groups is 1. The van der Waals surface area contributed by atoms with Crippen molar-refractivity contribution in [3.63, 3.8) is 0 Å². The Bertz CT molecular complexity index is 935. The first-order chi connectivity index (χ1) is 12.9. The average molecular weight is 399 g/mol. The van der Waals surface area contributed by atoms with Crippen molar-refractivity contribution in [2.24, 2.45) is 0 Å². The van der Waals surface area contributed by atoms with Gasteiger partial charge in [-0.2, -0.15) is 0 Å². The number of carbonyl (C=O) groups excluding carboxylic acids is 1. The Hall–Kier alpha value is -2.38. The van der Waals surface area contributed by atoms with Crippen LogP contribution in [0.4, 0.5) is 10.8 Å². The van der Waals surface area contributed by atoms with Crippen molar-refractivity contribution in [2.75, 3.05) is 19.4 Å². The van der Waals surface area contributed by atoms with Crippen molar-refractivity contribution in [3.05, 3.63) is 64.7 Å². The molecule has 140 valence electrons. The van der Waals surface area contributed by atoms with Gasteiger partial charge in [0.15, 0.2) is 4.34 Å². The summed E-state index contributed by atoms with van der Waals surface area (Å²) in [5.74, 6) is 0.801. The van der Waals surface area contributed by atoms with Crippen molar-refractivity contribution >= 4 is 39.8 Å². The van der Waals surface area contributed by atoms with Crippen molar-refractivity contribution in [1.29, 1.82) is 0 Å². The van der Waals surface area contributed by atoms with E-state index in [9.17, 15) is 4.79 Å². The van der Waals surface area contributed by atoms with Gasteiger partial charge in [0.1, 0.15) is 0 Å². The number of benzene rings is 2. The molecule has 0 fully saturated rings. The lowest BCUT2D eigenvalue weighted by Crippen LogP contribution is -2.21. The molecule has 3 rings (SSSR count). The van der Waals surface area contributed by atoms with E-state index in [1.165, 1.54) is 11.1 Å². The molecule has 0 aliphatic carbocycles. The van der Waals surface area contributed by atoms with Crippen LogP contribution in [0.2, 0.25) is 0 Å². The normalized spacial score (nSPS) is 10.7. The van der Waals surface area contributed by atoms with E-state index in [4.69, 9.17) is 0 Å². The predicted molar refractivity (Wildman–Crippen MR) is 113 cm³/mol. The smallest absolute Gasteiger partial charge is 0.253 e. The van der Waals surface area contributed by atoms with Crippen LogP contribution >= 0.6 is 23.1 Å². The molecule has 0 radical (unpaired) electrons.